The first-order chi connectivity index (χ1) is 24.7. The Morgan fingerprint density at radius 2 is 1.22 bits per heavy atom. The molecule has 0 radical (unpaired) electrons. The van der Waals surface area contributed by atoms with Gasteiger partial charge >= 0.3 is 0 Å². The molecular formula is C40H73NO10. The molecule has 1 aliphatic rings. The van der Waals surface area contributed by atoms with Gasteiger partial charge in [0.15, 0.2) is 6.29 Å². The molecule has 1 aliphatic heterocycles. The van der Waals surface area contributed by atoms with E-state index in [1.54, 1.807) is 0 Å². The normalized spacial score (nSPS) is 23.7. The monoisotopic (exact) mass is 728 g/mol. The Bertz CT molecular complexity index is 929. The van der Waals surface area contributed by atoms with Crippen LogP contribution in [0.5, 0.6) is 0 Å². The fraction of sp³-hybridized carbons (Fsp3) is 0.825. The summed E-state index contributed by atoms with van der Waals surface area (Å²) >= 11 is 0. The third-order valence-electron chi connectivity index (χ3n) is 9.37. The molecule has 1 heterocycles. The van der Waals surface area contributed by atoms with E-state index in [4.69, 9.17) is 9.47 Å². The minimum absolute atomic E-state index is 0.242. The predicted octanol–water partition coefficient (Wildman–Crippen LogP) is 4.88. The van der Waals surface area contributed by atoms with Crippen molar-refractivity contribution in [3.05, 3.63) is 36.5 Å². The number of aliphatic hydroxyl groups is 7. The first-order valence-electron chi connectivity index (χ1n) is 19.9. The fourth-order valence-electron chi connectivity index (χ4n) is 5.99. The van der Waals surface area contributed by atoms with Crippen molar-refractivity contribution in [3.63, 3.8) is 0 Å². The zero-order chi connectivity index (χ0) is 37.7. The highest BCUT2D eigenvalue weighted by atomic mass is 16.7. The van der Waals surface area contributed by atoms with Gasteiger partial charge in [-0.1, -0.05) is 108 Å². The van der Waals surface area contributed by atoms with Gasteiger partial charge in [-0.05, 0) is 70.6 Å². The lowest BCUT2D eigenvalue weighted by molar-refractivity contribution is -0.303. The molecule has 51 heavy (non-hydrogen) atoms. The van der Waals surface area contributed by atoms with Gasteiger partial charge in [0.25, 0.3) is 0 Å². The number of amides is 1. The minimum Gasteiger partial charge on any atom is -0.394 e. The number of allylic oxidation sites excluding steroid dienone is 6. The topological polar surface area (TPSA) is 189 Å². The zero-order valence-electron chi connectivity index (χ0n) is 31.6. The van der Waals surface area contributed by atoms with Crippen LogP contribution in [0.4, 0.5) is 0 Å². The Balaban J connectivity index is 2.57. The molecule has 0 bridgehead atoms. The summed E-state index contributed by atoms with van der Waals surface area (Å²) in [4.78, 5) is 13.0. The second kappa shape index (κ2) is 30.8. The smallest absolute Gasteiger partial charge is 0.249 e. The molecule has 9 unspecified atom stereocenters. The highest BCUT2D eigenvalue weighted by Gasteiger charge is 2.44. The lowest BCUT2D eigenvalue weighted by Gasteiger charge is -2.40. The molecule has 0 saturated carbocycles. The maximum absolute atomic E-state index is 13.0. The van der Waals surface area contributed by atoms with Gasteiger partial charge in [-0.3, -0.25) is 4.79 Å². The molecule has 298 valence electrons. The number of hydrogen-bond acceptors (Lipinski definition) is 10. The Morgan fingerprint density at radius 1 is 0.667 bits per heavy atom. The first-order valence-corrected chi connectivity index (χ1v) is 19.9. The Hall–Kier alpha value is -1.67. The average molecular weight is 728 g/mol. The second-order valence-electron chi connectivity index (χ2n) is 14.0. The van der Waals surface area contributed by atoms with E-state index in [0.29, 0.717) is 19.3 Å². The van der Waals surface area contributed by atoms with Crippen molar-refractivity contribution >= 4 is 5.91 Å². The fourth-order valence-corrected chi connectivity index (χ4v) is 5.99. The van der Waals surface area contributed by atoms with E-state index >= 15 is 0 Å². The number of carbonyl (C=O) groups excluding carboxylic acids is 1. The molecule has 0 aromatic rings. The molecule has 1 saturated heterocycles. The van der Waals surface area contributed by atoms with Gasteiger partial charge in [0.2, 0.25) is 5.91 Å². The SMILES string of the molecule is CCC/C=C/CC/C=C/CCCC(O)C(O)C(COC1OC(CO)C(O)C(O)C1O)NC(=O)C(O)CCCCCCCC/C=C\CCCCCC. The number of ether oxygens (including phenoxy) is 2. The summed E-state index contributed by atoms with van der Waals surface area (Å²) in [6.45, 7) is 3.28. The third-order valence-corrected chi connectivity index (χ3v) is 9.37. The zero-order valence-corrected chi connectivity index (χ0v) is 31.6. The predicted molar refractivity (Wildman–Crippen MR) is 201 cm³/mol. The lowest BCUT2D eigenvalue weighted by Crippen LogP contribution is -2.60. The van der Waals surface area contributed by atoms with Crippen LogP contribution in [0.25, 0.3) is 0 Å². The van der Waals surface area contributed by atoms with E-state index in [9.17, 15) is 40.5 Å². The van der Waals surface area contributed by atoms with Crippen LogP contribution in [0.3, 0.4) is 0 Å². The van der Waals surface area contributed by atoms with Gasteiger partial charge in [0.1, 0.15) is 36.6 Å². The van der Waals surface area contributed by atoms with Crippen molar-refractivity contribution in [1.29, 1.82) is 0 Å². The van der Waals surface area contributed by atoms with E-state index in [2.05, 4.69) is 49.5 Å². The van der Waals surface area contributed by atoms with Crippen LogP contribution in [0.15, 0.2) is 36.5 Å². The summed E-state index contributed by atoms with van der Waals surface area (Å²) in [5, 5.41) is 75.1. The highest BCUT2D eigenvalue weighted by Crippen LogP contribution is 2.23. The number of aliphatic hydroxyl groups excluding tert-OH is 7. The van der Waals surface area contributed by atoms with Crippen LogP contribution in [-0.4, -0.2) is 110 Å². The maximum Gasteiger partial charge on any atom is 0.249 e. The van der Waals surface area contributed by atoms with Crippen molar-refractivity contribution in [2.75, 3.05) is 13.2 Å². The number of unbranched alkanes of at least 4 members (excludes halogenated alkanes) is 13. The van der Waals surface area contributed by atoms with Gasteiger partial charge in [-0.2, -0.15) is 0 Å². The van der Waals surface area contributed by atoms with Gasteiger partial charge in [0.05, 0.1) is 25.4 Å². The third kappa shape index (κ3) is 21.6. The molecule has 0 spiro atoms. The van der Waals surface area contributed by atoms with Gasteiger partial charge in [-0.25, -0.2) is 0 Å². The summed E-state index contributed by atoms with van der Waals surface area (Å²) in [7, 11) is 0. The summed E-state index contributed by atoms with van der Waals surface area (Å²) in [5.41, 5.74) is 0. The van der Waals surface area contributed by atoms with Crippen LogP contribution < -0.4 is 5.32 Å². The maximum atomic E-state index is 13.0. The number of carbonyl (C=O) groups is 1. The summed E-state index contributed by atoms with van der Waals surface area (Å²) in [5.74, 6) is -0.721. The van der Waals surface area contributed by atoms with Gasteiger partial charge in [-0.15, -0.1) is 0 Å². The highest BCUT2D eigenvalue weighted by molar-refractivity contribution is 5.80. The largest absolute Gasteiger partial charge is 0.394 e. The Labute approximate surface area is 307 Å². The molecule has 1 rings (SSSR count). The number of hydrogen-bond donors (Lipinski definition) is 8. The second-order valence-corrected chi connectivity index (χ2v) is 14.0. The molecule has 1 fully saturated rings. The average Bonchev–Trinajstić information content (AvgIpc) is 3.13. The van der Waals surface area contributed by atoms with Crippen molar-refractivity contribution in [2.45, 2.75) is 197 Å². The summed E-state index contributed by atoms with van der Waals surface area (Å²) in [6.07, 6.45) is 20.7. The molecule has 0 aromatic carbocycles. The first kappa shape index (κ1) is 47.4. The molecular weight excluding hydrogens is 654 g/mol. The standard InChI is InChI=1S/C40H73NO10/c1-3-5-7-9-11-13-15-16-17-18-20-22-24-26-28-33(44)39(49)41-31(30-50-40-38(48)37(47)36(46)34(29-42)51-40)35(45)32(43)27-25-23-21-19-14-12-10-8-6-4-2/h8,10,13,15,19,21,31-38,40,42-48H,3-7,9,11-12,14,16-18,20,22-30H2,1-2H3,(H,41,49)/b10-8+,15-13-,21-19+. The molecule has 0 aliphatic carbocycles. The van der Waals surface area contributed by atoms with Gasteiger partial charge < -0.3 is 50.5 Å². The molecule has 11 nitrogen and oxygen atoms in total. The van der Waals surface area contributed by atoms with E-state index in [0.717, 1.165) is 70.6 Å². The van der Waals surface area contributed by atoms with Crippen molar-refractivity contribution in [3.8, 4) is 0 Å². The van der Waals surface area contributed by atoms with Gasteiger partial charge in [0, 0.05) is 0 Å². The Kier molecular flexibility index (Phi) is 28.6. The lowest BCUT2D eigenvalue weighted by atomic mass is 9.98. The molecule has 1 amide bonds. The minimum atomic E-state index is -1.67. The van der Waals surface area contributed by atoms with Crippen molar-refractivity contribution in [2.24, 2.45) is 0 Å². The van der Waals surface area contributed by atoms with E-state index in [1.165, 1.54) is 25.7 Å². The van der Waals surface area contributed by atoms with E-state index < -0.39 is 74.2 Å². The quantitative estimate of drug-likeness (QED) is 0.0361. The molecule has 0 aromatic heterocycles. The van der Waals surface area contributed by atoms with Crippen LogP contribution in [0.2, 0.25) is 0 Å². The van der Waals surface area contributed by atoms with Crippen molar-refractivity contribution in [1.82, 2.24) is 5.32 Å². The van der Waals surface area contributed by atoms with Crippen molar-refractivity contribution < 1.29 is 50.0 Å². The molecule has 11 heteroatoms. The summed E-state index contributed by atoms with van der Waals surface area (Å²) in [6, 6.07) is -1.19. The van der Waals surface area contributed by atoms with Crippen LogP contribution in [-0.2, 0) is 14.3 Å². The summed E-state index contributed by atoms with van der Waals surface area (Å²) < 4.78 is 11.0. The van der Waals surface area contributed by atoms with Crippen LogP contribution in [0, 0.1) is 0 Å². The van der Waals surface area contributed by atoms with E-state index in [1.807, 2.05) is 6.08 Å². The van der Waals surface area contributed by atoms with Crippen LogP contribution >= 0.6 is 0 Å². The number of nitrogens with one attached hydrogen (secondary N) is 1. The Morgan fingerprint density at radius 3 is 1.82 bits per heavy atom. The molecule has 9 atom stereocenters. The van der Waals surface area contributed by atoms with E-state index in [-0.39, 0.29) is 12.8 Å². The van der Waals surface area contributed by atoms with Crippen LogP contribution in [0.1, 0.15) is 142 Å². The molecule has 8 N–H and O–H groups in total. The number of rotatable bonds is 31.